The van der Waals surface area contributed by atoms with E-state index in [1.54, 1.807) is 11.3 Å². The molecular formula is C15H23NO2S. The molecule has 1 aromatic heterocycles. The Labute approximate surface area is 119 Å². The summed E-state index contributed by atoms with van der Waals surface area (Å²) in [5.74, 6) is 0.744. The van der Waals surface area contributed by atoms with Crippen LogP contribution < -0.4 is 5.32 Å². The van der Waals surface area contributed by atoms with Gasteiger partial charge in [-0.3, -0.25) is 4.79 Å². The van der Waals surface area contributed by atoms with Gasteiger partial charge >= 0.3 is 0 Å². The Balaban J connectivity index is 1.89. The Morgan fingerprint density at radius 3 is 3.16 bits per heavy atom. The number of fused-ring (bicyclic) bond motifs is 1. The van der Waals surface area contributed by atoms with Gasteiger partial charge in [0.2, 0.25) is 0 Å². The Bertz CT molecular complexity index is 441. The van der Waals surface area contributed by atoms with Gasteiger partial charge in [0, 0.05) is 11.4 Å². The van der Waals surface area contributed by atoms with Crippen molar-refractivity contribution in [3.63, 3.8) is 0 Å². The van der Waals surface area contributed by atoms with Gasteiger partial charge < -0.3 is 10.4 Å². The summed E-state index contributed by atoms with van der Waals surface area (Å²) in [4.78, 5) is 14.2. The van der Waals surface area contributed by atoms with E-state index in [0.717, 1.165) is 30.1 Å². The lowest BCUT2D eigenvalue weighted by molar-refractivity contribution is 0.0946. The molecule has 0 bridgehead atoms. The lowest BCUT2D eigenvalue weighted by atomic mass is 9.90. The van der Waals surface area contributed by atoms with Crippen LogP contribution in [-0.2, 0) is 12.8 Å². The number of rotatable bonds is 5. The summed E-state index contributed by atoms with van der Waals surface area (Å²) >= 11 is 1.64. The number of aliphatic hydroxyl groups excluding tert-OH is 1. The van der Waals surface area contributed by atoms with Gasteiger partial charge in [-0.25, -0.2) is 0 Å². The molecule has 1 aromatic rings. The van der Waals surface area contributed by atoms with Crippen molar-refractivity contribution in [2.75, 3.05) is 6.54 Å². The van der Waals surface area contributed by atoms with E-state index in [0.29, 0.717) is 13.0 Å². The van der Waals surface area contributed by atoms with Crippen molar-refractivity contribution in [1.29, 1.82) is 0 Å². The third kappa shape index (κ3) is 3.80. The average Bonchev–Trinajstić information content (AvgIpc) is 2.81. The number of aliphatic hydroxyl groups is 1. The van der Waals surface area contributed by atoms with Gasteiger partial charge in [0.25, 0.3) is 5.91 Å². The molecule has 1 amide bonds. The first kappa shape index (κ1) is 14.5. The molecular weight excluding hydrogens is 258 g/mol. The zero-order chi connectivity index (χ0) is 13.8. The predicted octanol–water partition coefficient (Wildman–Crippen LogP) is 2.76. The normalized spacial score (nSPS) is 19.8. The summed E-state index contributed by atoms with van der Waals surface area (Å²) in [5, 5.41) is 12.4. The van der Waals surface area contributed by atoms with Crippen molar-refractivity contribution in [3.05, 3.63) is 21.4 Å². The molecule has 2 unspecified atom stereocenters. The van der Waals surface area contributed by atoms with E-state index in [1.807, 2.05) is 6.92 Å². The molecule has 19 heavy (non-hydrogen) atoms. The zero-order valence-corrected chi connectivity index (χ0v) is 12.6. The number of hydrogen-bond acceptors (Lipinski definition) is 3. The first-order chi connectivity index (χ1) is 9.10. The van der Waals surface area contributed by atoms with Gasteiger partial charge in [0.05, 0.1) is 11.0 Å². The van der Waals surface area contributed by atoms with E-state index >= 15 is 0 Å². The molecule has 2 rings (SSSR count). The summed E-state index contributed by atoms with van der Waals surface area (Å²) in [6.45, 7) is 4.76. The molecule has 0 saturated carbocycles. The predicted molar refractivity (Wildman–Crippen MR) is 78.8 cm³/mol. The Hall–Kier alpha value is -0.870. The SMILES string of the molecule is CCC(O)CCNC(=O)c1cc2c(s1)CCC(C)C2. The third-order valence-corrected chi connectivity index (χ3v) is 5.02. The number of thiophene rings is 1. The molecule has 2 N–H and O–H groups in total. The number of aryl methyl sites for hydroxylation is 1. The minimum atomic E-state index is -0.308. The van der Waals surface area contributed by atoms with Crippen LogP contribution in [0.5, 0.6) is 0 Å². The molecule has 0 aliphatic heterocycles. The monoisotopic (exact) mass is 281 g/mol. The number of hydrogen-bond donors (Lipinski definition) is 2. The lowest BCUT2D eigenvalue weighted by Gasteiger charge is -2.16. The van der Waals surface area contributed by atoms with Gasteiger partial charge in [0.1, 0.15) is 0 Å². The van der Waals surface area contributed by atoms with E-state index in [9.17, 15) is 9.90 Å². The van der Waals surface area contributed by atoms with Crippen molar-refractivity contribution in [3.8, 4) is 0 Å². The molecule has 1 heterocycles. The van der Waals surface area contributed by atoms with Crippen molar-refractivity contribution in [2.45, 2.75) is 52.1 Å². The molecule has 1 aliphatic carbocycles. The minimum Gasteiger partial charge on any atom is -0.393 e. The highest BCUT2D eigenvalue weighted by molar-refractivity contribution is 7.14. The third-order valence-electron chi connectivity index (χ3n) is 3.79. The Morgan fingerprint density at radius 1 is 1.63 bits per heavy atom. The van der Waals surface area contributed by atoms with E-state index in [2.05, 4.69) is 18.3 Å². The van der Waals surface area contributed by atoms with Crippen LogP contribution in [0.1, 0.15) is 53.2 Å². The van der Waals surface area contributed by atoms with E-state index in [-0.39, 0.29) is 12.0 Å². The number of carbonyl (C=O) groups is 1. The van der Waals surface area contributed by atoms with E-state index < -0.39 is 0 Å². The van der Waals surface area contributed by atoms with Crippen LogP contribution in [-0.4, -0.2) is 23.7 Å². The molecule has 1 aliphatic rings. The molecule has 0 saturated heterocycles. The first-order valence-corrected chi connectivity index (χ1v) is 7.99. The smallest absolute Gasteiger partial charge is 0.261 e. The van der Waals surface area contributed by atoms with Crippen LogP contribution in [0.3, 0.4) is 0 Å². The van der Waals surface area contributed by atoms with Gasteiger partial charge in [-0.1, -0.05) is 13.8 Å². The van der Waals surface area contributed by atoms with E-state index in [4.69, 9.17) is 0 Å². The number of nitrogens with one attached hydrogen (secondary N) is 1. The molecule has 0 fully saturated rings. The molecule has 106 valence electrons. The quantitative estimate of drug-likeness (QED) is 0.872. The average molecular weight is 281 g/mol. The second-order valence-electron chi connectivity index (χ2n) is 5.51. The van der Waals surface area contributed by atoms with Crippen LogP contribution in [0.25, 0.3) is 0 Å². The summed E-state index contributed by atoms with van der Waals surface area (Å²) in [6.07, 6.45) is 4.51. The van der Waals surface area contributed by atoms with Gasteiger partial charge in [-0.2, -0.15) is 0 Å². The largest absolute Gasteiger partial charge is 0.393 e. The zero-order valence-electron chi connectivity index (χ0n) is 11.7. The van der Waals surface area contributed by atoms with Crippen LogP contribution in [0.4, 0.5) is 0 Å². The van der Waals surface area contributed by atoms with Crippen LogP contribution in [0.2, 0.25) is 0 Å². The highest BCUT2D eigenvalue weighted by Gasteiger charge is 2.20. The van der Waals surface area contributed by atoms with Crippen molar-refractivity contribution < 1.29 is 9.90 Å². The van der Waals surface area contributed by atoms with E-state index in [1.165, 1.54) is 16.9 Å². The molecule has 2 atom stereocenters. The summed E-state index contributed by atoms with van der Waals surface area (Å²) in [5.41, 5.74) is 1.36. The van der Waals surface area contributed by atoms with Crippen LogP contribution in [0.15, 0.2) is 6.07 Å². The maximum absolute atomic E-state index is 12.0. The second kappa shape index (κ2) is 6.53. The van der Waals surface area contributed by atoms with Gasteiger partial charge in [-0.15, -0.1) is 11.3 Å². The Morgan fingerprint density at radius 2 is 2.42 bits per heavy atom. The van der Waals surface area contributed by atoms with Crippen LogP contribution >= 0.6 is 11.3 Å². The fraction of sp³-hybridized carbons (Fsp3) is 0.667. The summed E-state index contributed by atoms with van der Waals surface area (Å²) in [7, 11) is 0. The fourth-order valence-electron chi connectivity index (χ4n) is 2.46. The number of amides is 1. The highest BCUT2D eigenvalue weighted by Crippen LogP contribution is 2.32. The Kier molecular flexibility index (Phi) is 4.99. The molecule has 0 aromatic carbocycles. The standard InChI is InChI=1S/C15H23NO2S/c1-3-12(17)6-7-16-15(18)14-9-11-8-10(2)4-5-13(11)19-14/h9-10,12,17H,3-8H2,1-2H3,(H,16,18). The topological polar surface area (TPSA) is 49.3 Å². The van der Waals surface area contributed by atoms with Crippen LogP contribution in [0, 0.1) is 5.92 Å². The fourth-order valence-corrected chi connectivity index (χ4v) is 3.59. The molecule has 0 radical (unpaired) electrons. The highest BCUT2D eigenvalue weighted by atomic mass is 32.1. The summed E-state index contributed by atoms with van der Waals surface area (Å²) in [6, 6.07) is 2.06. The summed E-state index contributed by atoms with van der Waals surface area (Å²) < 4.78 is 0. The van der Waals surface area contributed by atoms with Gasteiger partial charge in [0.15, 0.2) is 0 Å². The van der Waals surface area contributed by atoms with Crippen molar-refractivity contribution in [1.82, 2.24) is 5.32 Å². The van der Waals surface area contributed by atoms with Crippen molar-refractivity contribution >= 4 is 17.2 Å². The molecule has 0 spiro atoms. The minimum absolute atomic E-state index is 0.00959. The molecule has 4 heteroatoms. The van der Waals surface area contributed by atoms with Gasteiger partial charge in [-0.05, 0) is 49.7 Å². The molecule has 3 nitrogen and oxygen atoms in total. The first-order valence-electron chi connectivity index (χ1n) is 7.18. The maximum Gasteiger partial charge on any atom is 0.261 e. The van der Waals surface area contributed by atoms with Crippen molar-refractivity contribution in [2.24, 2.45) is 5.92 Å². The second-order valence-corrected chi connectivity index (χ2v) is 6.65. The number of carbonyl (C=O) groups excluding carboxylic acids is 1. The lowest BCUT2D eigenvalue weighted by Crippen LogP contribution is -2.26. The maximum atomic E-state index is 12.0.